The minimum Gasteiger partial charge on any atom is -0.406 e. The summed E-state index contributed by atoms with van der Waals surface area (Å²) in [5, 5.41) is 0. The SMILES string of the molecule is C[Si](C)(C)C[CH+]CC(O[Si](C)(C)C)c1ccccc1. The maximum atomic E-state index is 6.36. The Bertz CT molecular complexity index is 363. The number of benzene rings is 1. The van der Waals surface area contributed by atoms with Crippen molar-refractivity contribution in [1.82, 2.24) is 0 Å². The first-order chi connectivity index (χ1) is 8.67. The van der Waals surface area contributed by atoms with Crippen molar-refractivity contribution < 1.29 is 4.43 Å². The lowest BCUT2D eigenvalue weighted by Crippen LogP contribution is -2.28. The third-order valence-corrected chi connectivity index (χ3v) is 5.31. The van der Waals surface area contributed by atoms with Gasteiger partial charge in [0.1, 0.15) is 12.5 Å². The van der Waals surface area contributed by atoms with E-state index in [9.17, 15) is 0 Å². The number of hydrogen-bond donors (Lipinski definition) is 0. The molecule has 0 bridgehead atoms. The van der Waals surface area contributed by atoms with Crippen LogP contribution in [0, 0.1) is 6.42 Å². The fourth-order valence-electron chi connectivity index (χ4n) is 2.01. The predicted molar refractivity (Wildman–Crippen MR) is 90.7 cm³/mol. The minimum absolute atomic E-state index is 0.240. The first kappa shape index (κ1) is 16.5. The van der Waals surface area contributed by atoms with Gasteiger partial charge in [0.15, 0.2) is 8.32 Å². The highest BCUT2D eigenvalue weighted by atomic mass is 28.4. The van der Waals surface area contributed by atoms with Crippen molar-refractivity contribution in [2.24, 2.45) is 0 Å². The Morgan fingerprint density at radius 3 is 2.05 bits per heavy atom. The van der Waals surface area contributed by atoms with Crippen molar-refractivity contribution in [3.63, 3.8) is 0 Å². The maximum absolute atomic E-state index is 6.36. The standard InChI is InChI=1S/C16H29OSi2/c1-18(2,3)14-10-13-16(17-19(4,5)6)15-11-8-7-9-12-15/h7-12,16H,13-14H2,1-6H3/q+1. The summed E-state index contributed by atoms with van der Waals surface area (Å²) < 4.78 is 6.36. The summed E-state index contributed by atoms with van der Waals surface area (Å²) in [5.74, 6) is 0. The zero-order valence-electron chi connectivity index (χ0n) is 13.4. The smallest absolute Gasteiger partial charge is 0.184 e. The molecular formula is C16H29OSi2+. The average Bonchev–Trinajstić information content (AvgIpc) is 2.25. The van der Waals surface area contributed by atoms with Gasteiger partial charge in [0.2, 0.25) is 0 Å². The van der Waals surface area contributed by atoms with Crippen molar-refractivity contribution in [2.45, 2.75) is 57.9 Å². The van der Waals surface area contributed by atoms with Gasteiger partial charge >= 0.3 is 0 Å². The van der Waals surface area contributed by atoms with Crippen molar-refractivity contribution in [2.75, 3.05) is 0 Å². The van der Waals surface area contributed by atoms with E-state index in [0.717, 1.165) is 6.42 Å². The highest BCUT2D eigenvalue weighted by Crippen LogP contribution is 2.28. The molecule has 3 heteroatoms. The van der Waals surface area contributed by atoms with E-state index in [4.69, 9.17) is 4.43 Å². The molecule has 0 N–H and O–H groups in total. The van der Waals surface area contributed by atoms with Crippen LogP contribution in [0.5, 0.6) is 0 Å². The van der Waals surface area contributed by atoms with Gasteiger partial charge in [0.25, 0.3) is 0 Å². The summed E-state index contributed by atoms with van der Waals surface area (Å²) in [6.07, 6.45) is 3.73. The predicted octanol–water partition coefficient (Wildman–Crippen LogP) is 5.51. The van der Waals surface area contributed by atoms with Crippen LogP contribution in [0.4, 0.5) is 0 Å². The normalized spacial score (nSPS) is 14.2. The topological polar surface area (TPSA) is 9.23 Å². The van der Waals surface area contributed by atoms with Crippen LogP contribution < -0.4 is 0 Å². The van der Waals surface area contributed by atoms with Crippen molar-refractivity contribution >= 4 is 16.4 Å². The van der Waals surface area contributed by atoms with E-state index in [1.807, 2.05) is 0 Å². The molecule has 0 saturated carbocycles. The second-order valence-electron chi connectivity index (χ2n) is 7.42. The summed E-state index contributed by atoms with van der Waals surface area (Å²) in [7, 11) is -2.49. The maximum Gasteiger partial charge on any atom is 0.184 e. The zero-order chi connectivity index (χ0) is 14.5. The van der Waals surface area contributed by atoms with E-state index in [1.54, 1.807) is 0 Å². The van der Waals surface area contributed by atoms with E-state index in [0.29, 0.717) is 0 Å². The van der Waals surface area contributed by atoms with Gasteiger partial charge in [-0.15, -0.1) is 0 Å². The van der Waals surface area contributed by atoms with Crippen LogP contribution in [0.1, 0.15) is 18.1 Å². The molecule has 1 rings (SSSR count). The molecule has 0 spiro atoms. The molecule has 1 unspecified atom stereocenters. The molecule has 0 aliphatic heterocycles. The summed E-state index contributed by atoms with van der Waals surface area (Å²) in [6.45, 7) is 14.0. The number of hydrogen-bond acceptors (Lipinski definition) is 1. The Hall–Kier alpha value is -0.516. The quantitative estimate of drug-likeness (QED) is 0.475. The third-order valence-electron chi connectivity index (χ3n) is 2.80. The molecule has 106 valence electrons. The molecule has 0 fully saturated rings. The van der Waals surface area contributed by atoms with Gasteiger partial charge < -0.3 is 4.43 Å². The minimum atomic E-state index is -1.51. The van der Waals surface area contributed by atoms with Crippen molar-refractivity contribution in [3.8, 4) is 0 Å². The van der Waals surface area contributed by atoms with Crippen molar-refractivity contribution in [1.29, 1.82) is 0 Å². The largest absolute Gasteiger partial charge is 0.406 e. The lowest BCUT2D eigenvalue weighted by atomic mass is 10.1. The Morgan fingerprint density at radius 1 is 1.00 bits per heavy atom. The summed E-state index contributed by atoms with van der Waals surface area (Å²) >= 11 is 0. The Kier molecular flexibility index (Phi) is 5.90. The fraction of sp³-hybridized carbons (Fsp3) is 0.562. The molecule has 0 amide bonds. The van der Waals surface area contributed by atoms with Crippen LogP contribution in [-0.4, -0.2) is 16.4 Å². The van der Waals surface area contributed by atoms with E-state index >= 15 is 0 Å². The molecule has 0 saturated heterocycles. The molecule has 1 nitrogen and oxygen atoms in total. The van der Waals surface area contributed by atoms with Crippen LogP contribution in [-0.2, 0) is 4.43 Å². The molecule has 1 atom stereocenters. The lowest BCUT2D eigenvalue weighted by Gasteiger charge is -2.25. The zero-order valence-corrected chi connectivity index (χ0v) is 15.4. The van der Waals surface area contributed by atoms with Gasteiger partial charge in [0.05, 0.1) is 20.5 Å². The van der Waals surface area contributed by atoms with E-state index in [1.165, 1.54) is 11.6 Å². The van der Waals surface area contributed by atoms with E-state index in [2.05, 4.69) is 76.0 Å². The van der Waals surface area contributed by atoms with Gasteiger partial charge in [-0.3, -0.25) is 0 Å². The second kappa shape index (κ2) is 6.77. The highest BCUT2D eigenvalue weighted by molar-refractivity contribution is 6.76. The van der Waals surface area contributed by atoms with Gasteiger partial charge in [-0.1, -0.05) is 50.0 Å². The molecule has 0 aliphatic carbocycles. The van der Waals surface area contributed by atoms with Crippen LogP contribution in [0.3, 0.4) is 0 Å². The molecule has 0 heterocycles. The molecule has 0 aromatic heterocycles. The van der Waals surface area contributed by atoms with Gasteiger partial charge in [-0.2, -0.15) is 0 Å². The van der Waals surface area contributed by atoms with Crippen LogP contribution >= 0.6 is 0 Å². The second-order valence-corrected chi connectivity index (χ2v) is 17.4. The highest BCUT2D eigenvalue weighted by Gasteiger charge is 2.26. The Labute approximate surface area is 121 Å². The Balaban J connectivity index is 2.66. The van der Waals surface area contributed by atoms with Crippen LogP contribution in [0.25, 0.3) is 0 Å². The van der Waals surface area contributed by atoms with Crippen LogP contribution in [0.15, 0.2) is 30.3 Å². The monoisotopic (exact) mass is 293 g/mol. The van der Waals surface area contributed by atoms with Crippen LogP contribution in [0.2, 0.25) is 45.3 Å². The first-order valence-corrected chi connectivity index (χ1v) is 14.3. The van der Waals surface area contributed by atoms with Gasteiger partial charge in [-0.05, 0) is 25.2 Å². The Morgan fingerprint density at radius 2 is 1.58 bits per heavy atom. The molecule has 1 aromatic carbocycles. The molecule has 19 heavy (non-hydrogen) atoms. The molecule has 0 aliphatic rings. The summed E-state index contributed by atoms with van der Waals surface area (Å²) in [6, 6.07) is 11.9. The van der Waals surface area contributed by atoms with E-state index in [-0.39, 0.29) is 6.10 Å². The van der Waals surface area contributed by atoms with Gasteiger partial charge in [0, 0.05) is 0 Å². The summed E-state index contributed by atoms with van der Waals surface area (Å²) in [5.41, 5.74) is 1.32. The van der Waals surface area contributed by atoms with E-state index < -0.39 is 16.4 Å². The van der Waals surface area contributed by atoms with Gasteiger partial charge in [-0.25, -0.2) is 0 Å². The molecular weight excluding hydrogens is 264 g/mol. The third kappa shape index (κ3) is 7.60. The van der Waals surface area contributed by atoms with Crippen molar-refractivity contribution in [3.05, 3.63) is 42.3 Å². The fourth-order valence-corrected chi connectivity index (χ4v) is 4.13. The summed E-state index contributed by atoms with van der Waals surface area (Å²) in [4.78, 5) is 0. The lowest BCUT2D eigenvalue weighted by molar-refractivity contribution is 0.197. The average molecular weight is 294 g/mol. The molecule has 0 radical (unpaired) electrons. The number of rotatable bonds is 7. The molecule has 1 aromatic rings. The first-order valence-electron chi connectivity index (χ1n) is 7.22.